The molecule has 0 unspecified atom stereocenters. The summed E-state index contributed by atoms with van der Waals surface area (Å²) in [6, 6.07) is 46.1. The van der Waals surface area contributed by atoms with Crippen molar-refractivity contribution in [2.75, 3.05) is 0 Å². The molecule has 6 rings (SSSR count). The van der Waals surface area contributed by atoms with Crippen molar-refractivity contribution in [1.82, 2.24) is 4.98 Å². The van der Waals surface area contributed by atoms with E-state index >= 15 is 0 Å². The molecule has 1 heterocycles. The summed E-state index contributed by atoms with van der Waals surface area (Å²) in [7, 11) is 0. The van der Waals surface area contributed by atoms with Crippen LogP contribution in [0.2, 0.25) is 0 Å². The molecule has 37 heavy (non-hydrogen) atoms. The minimum atomic E-state index is -3.50. The van der Waals surface area contributed by atoms with Crippen molar-refractivity contribution in [3.8, 4) is 11.5 Å². The van der Waals surface area contributed by atoms with Gasteiger partial charge < -0.3 is 0 Å². The van der Waals surface area contributed by atoms with Crippen LogP contribution in [0.3, 0.4) is 0 Å². The molecule has 0 saturated heterocycles. The Bertz CT molecular complexity index is 1580. The Hall–Kier alpha value is -3.71. The first-order valence-corrected chi connectivity index (χ1v) is 15.7. The molecule has 0 saturated carbocycles. The molecule has 1 aromatic heterocycles. The number of oxazole rings is 1. The fraction of sp³-hybridized carbons (Fsp3) is 0.0606. The molecule has 6 aromatic rings. The zero-order valence-electron chi connectivity index (χ0n) is 20.6. The second-order valence-corrected chi connectivity index (χ2v) is 15.9. The molecule has 2 nitrogen and oxygen atoms in total. The van der Waals surface area contributed by atoms with Gasteiger partial charge in [-0.25, -0.2) is 0 Å². The molecule has 0 bridgehead atoms. The monoisotopic (exact) mass is 519 g/mol. The summed E-state index contributed by atoms with van der Waals surface area (Å²) in [4.78, 5) is 5.07. The first-order valence-electron chi connectivity index (χ1n) is 12.4. The molecule has 0 spiro atoms. The summed E-state index contributed by atoms with van der Waals surface area (Å²) in [6.45, 7) is 1.99. The number of hydrogen-bond acceptors (Lipinski definition) is 2. The standard InChI is InChI=1S/C33H27ClNOP/c1-25-32(35-33(36-25)28-22-21-26-13-11-12-14-27(26)23-28)24-37(34,29-15-5-2-6-16-29,30-17-7-3-8-18-30)31-19-9-4-10-20-31/h2-23H,24H2,1H3. The van der Waals surface area contributed by atoms with Gasteiger partial charge in [-0.3, -0.25) is 0 Å². The van der Waals surface area contributed by atoms with Gasteiger partial charge in [0.25, 0.3) is 0 Å². The van der Waals surface area contributed by atoms with Crippen LogP contribution in [-0.2, 0) is 6.16 Å². The quantitative estimate of drug-likeness (QED) is 0.208. The van der Waals surface area contributed by atoms with Gasteiger partial charge >= 0.3 is 223 Å². The third kappa shape index (κ3) is 3.98. The van der Waals surface area contributed by atoms with E-state index in [2.05, 4.69) is 115 Å². The van der Waals surface area contributed by atoms with Crippen LogP contribution in [0.1, 0.15) is 11.5 Å². The number of halogens is 1. The van der Waals surface area contributed by atoms with Gasteiger partial charge in [0.1, 0.15) is 0 Å². The number of aromatic nitrogens is 1. The van der Waals surface area contributed by atoms with Gasteiger partial charge in [-0.2, -0.15) is 0 Å². The van der Waals surface area contributed by atoms with Crippen molar-refractivity contribution >= 4 is 43.9 Å². The predicted octanol–water partition coefficient (Wildman–Crippen LogP) is 7.99. The summed E-state index contributed by atoms with van der Waals surface area (Å²) in [6.07, 6.45) is 0.550. The van der Waals surface area contributed by atoms with Crippen LogP contribution in [0.4, 0.5) is 0 Å². The number of hydrogen-bond donors (Lipinski definition) is 0. The number of aryl methyl sites for hydroxylation is 1. The van der Waals surface area contributed by atoms with Crippen molar-refractivity contribution < 1.29 is 4.42 Å². The SMILES string of the molecule is Cc1oc(-c2ccc3ccccc3c2)nc1CP(Cl)(c1ccccc1)(c1ccccc1)c1ccccc1. The summed E-state index contributed by atoms with van der Waals surface area (Å²) >= 11 is 8.26. The van der Waals surface area contributed by atoms with Crippen LogP contribution < -0.4 is 15.9 Å². The average molecular weight is 520 g/mol. The van der Waals surface area contributed by atoms with Gasteiger partial charge in [-0.15, -0.1) is 0 Å². The van der Waals surface area contributed by atoms with Crippen LogP contribution in [0.25, 0.3) is 22.2 Å². The maximum atomic E-state index is 8.26. The third-order valence-corrected chi connectivity index (χ3v) is 14.4. The van der Waals surface area contributed by atoms with E-state index in [0.717, 1.165) is 38.3 Å². The molecule has 182 valence electrons. The average Bonchev–Trinajstić information content (AvgIpc) is 3.33. The van der Waals surface area contributed by atoms with E-state index < -0.39 is 5.96 Å². The van der Waals surface area contributed by atoms with E-state index in [9.17, 15) is 0 Å². The fourth-order valence-corrected chi connectivity index (χ4v) is 11.3. The molecule has 0 fully saturated rings. The molecule has 0 amide bonds. The molecule has 0 aliphatic heterocycles. The molecule has 0 radical (unpaired) electrons. The van der Waals surface area contributed by atoms with Crippen molar-refractivity contribution in [2.24, 2.45) is 0 Å². The Morgan fingerprint density at radius 2 is 1.11 bits per heavy atom. The maximum absolute atomic E-state index is 8.26. The summed E-state index contributed by atoms with van der Waals surface area (Å²) in [5.74, 6) is -2.09. The van der Waals surface area contributed by atoms with E-state index in [0.29, 0.717) is 12.1 Å². The van der Waals surface area contributed by atoms with Crippen LogP contribution in [0, 0.1) is 6.92 Å². The summed E-state index contributed by atoms with van der Waals surface area (Å²) in [5.41, 5.74) is 1.84. The van der Waals surface area contributed by atoms with Gasteiger partial charge in [0.2, 0.25) is 0 Å². The normalized spacial score (nSPS) is 12.8. The van der Waals surface area contributed by atoms with Crippen LogP contribution in [0.15, 0.2) is 138 Å². The molecule has 0 N–H and O–H groups in total. The first-order chi connectivity index (χ1) is 18.1. The number of fused-ring (bicyclic) bond motifs is 1. The van der Waals surface area contributed by atoms with Gasteiger partial charge in [0, 0.05) is 0 Å². The molecular formula is C33H27ClNOP. The first kappa shape index (κ1) is 23.7. The van der Waals surface area contributed by atoms with Crippen LogP contribution >= 0.6 is 17.2 Å². The third-order valence-electron chi connectivity index (χ3n) is 7.22. The second kappa shape index (κ2) is 9.30. The van der Waals surface area contributed by atoms with E-state index in [-0.39, 0.29) is 0 Å². The van der Waals surface area contributed by atoms with Crippen molar-refractivity contribution in [3.63, 3.8) is 0 Å². The van der Waals surface area contributed by atoms with E-state index in [1.165, 1.54) is 5.39 Å². The Morgan fingerprint density at radius 1 is 0.622 bits per heavy atom. The van der Waals surface area contributed by atoms with Crippen molar-refractivity contribution in [3.05, 3.63) is 145 Å². The Kier molecular flexibility index (Phi) is 5.95. The molecule has 0 atom stereocenters. The zero-order chi connectivity index (χ0) is 25.3. The van der Waals surface area contributed by atoms with Gasteiger partial charge in [-0.1, -0.05) is 0 Å². The van der Waals surface area contributed by atoms with Gasteiger partial charge in [-0.05, 0) is 0 Å². The summed E-state index contributed by atoms with van der Waals surface area (Å²) in [5, 5.41) is 5.69. The van der Waals surface area contributed by atoms with E-state index in [1.807, 2.05) is 25.1 Å². The summed E-state index contributed by atoms with van der Waals surface area (Å²) < 4.78 is 6.30. The zero-order valence-corrected chi connectivity index (χ0v) is 22.2. The molecule has 4 heteroatoms. The van der Waals surface area contributed by atoms with Gasteiger partial charge in [0.05, 0.1) is 0 Å². The predicted molar refractivity (Wildman–Crippen MR) is 159 cm³/mol. The van der Waals surface area contributed by atoms with E-state index in [4.69, 9.17) is 20.6 Å². The van der Waals surface area contributed by atoms with Crippen LogP contribution in [-0.4, -0.2) is 4.98 Å². The molecule has 5 aromatic carbocycles. The fourth-order valence-electron chi connectivity index (χ4n) is 5.24. The number of nitrogens with zero attached hydrogens (tertiary/aromatic N) is 1. The molecular weight excluding hydrogens is 493 g/mol. The number of rotatable bonds is 6. The Morgan fingerprint density at radius 3 is 1.65 bits per heavy atom. The van der Waals surface area contributed by atoms with Crippen molar-refractivity contribution in [2.45, 2.75) is 13.1 Å². The van der Waals surface area contributed by atoms with Crippen molar-refractivity contribution in [1.29, 1.82) is 0 Å². The Labute approximate surface area is 222 Å². The Balaban J connectivity index is 1.56. The topological polar surface area (TPSA) is 26.0 Å². The van der Waals surface area contributed by atoms with Gasteiger partial charge in [0.15, 0.2) is 0 Å². The second-order valence-electron chi connectivity index (χ2n) is 9.43. The molecule has 0 aliphatic rings. The number of benzene rings is 5. The minimum absolute atomic E-state index is 0.550. The molecule has 0 aliphatic carbocycles. The van der Waals surface area contributed by atoms with E-state index in [1.54, 1.807) is 0 Å². The van der Waals surface area contributed by atoms with Crippen LogP contribution in [0.5, 0.6) is 0 Å².